The van der Waals surface area contributed by atoms with Gasteiger partial charge in [-0.1, -0.05) is 0 Å². The van der Waals surface area contributed by atoms with E-state index in [4.69, 9.17) is 0 Å². The largest absolute Gasteiger partial charge is 0.342 e. The van der Waals surface area contributed by atoms with E-state index in [0.717, 1.165) is 31.8 Å². The van der Waals surface area contributed by atoms with E-state index in [-0.39, 0.29) is 0 Å². The van der Waals surface area contributed by atoms with Crippen molar-refractivity contribution in [2.75, 3.05) is 13.1 Å². The van der Waals surface area contributed by atoms with Crippen LogP contribution < -0.4 is 0 Å². The molecule has 1 atom stereocenters. The second kappa shape index (κ2) is 2.26. The molecular weight excluding hydrogens is 126 g/mol. The van der Waals surface area contributed by atoms with Gasteiger partial charge in [-0.25, -0.2) is 0 Å². The zero-order valence-electron chi connectivity index (χ0n) is 6.18. The summed E-state index contributed by atoms with van der Waals surface area (Å²) in [5.41, 5.74) is 0. The highest BCUT2D eigenvalue weighted by Gasteiger charge is 2.28. The first-order valence-electron chi connectivity index (χ1n) is 4.14. The molecule has 2 heterocycles. The summed E-state index contributed by atoms with van der Waals surface area (Å²) in [6.45, 7) is 2.08. The molecular formula is C8H13NO. The molecule has 1 unspecified atom stereocenters. The molecule has 2 saturated heterocycles. The first-order chi connectivity index (χ1) is 4.86. The smallest absolute Gasteiger partial charge is 0.222 e. The van der Waals surface area contributed by atoms with Gasteiger partial charge in [0.15, 0.2) is 0 Å². The van der Waals surface area contributed by atoms with Crippen LogP contribution in [0.1, 0.15) is 25.7 Å². The van der Waals surface area contributed by atoms with Crippen LogP contribution >= 0.6 is 0 Å². The highest BCUT2D eigenvalue weighted by Crippen LogP contribution is 2.26. The van der Waals surface area contributed by atoms with Crippen molar-refractivity contribution in [1.82, 2.24) is 4.90 Å². The molecule has 2 heteroatoms. The van der Waals surface area contributed by atoms with Crippen LogP contribution in [0.15, 0.2) is 0 Å². The van der Waals surface area contributed by atoms with Gasteiger partial charge in [0, 0.05) is 19.5 Å². The zero-order chi connectivity index (χ0) is 6.97. The van der Waals surface area contributed by atoms with Crippen LogP contribution in [0.5, 0.6) is 0 Å². The summed E-state index contributed by atoms with van der Waals surface area (Å²) in [4.78, 5) is 13.2. The molecule has 0 aromatic rings. The molecule has 0 N–H and O–H groups in total. The Kier molecular flexibility index (Phi) is 1.40. The van der Waals surface area contributed by atoms with Gasteiger partial charge in [-0.05, 0) is 25.2 Å². The van der Waals surface area contributed by atoms with E-state index < -0.39 is 0 Å². The molecule has 2 rings (SSSR count). The Bertz CT molecular complexity index is 155. The summed E-state index contributed by atoms with van der Waals surface area (Å²) < 4.78 is 0. The maximum atomic E-state index is 11.1. The van der Waals surface area contributed by atoms with Gasteiger partial charge in [-0.3, -0.25) is 4.79 Å². The molecule has 0 radical (unpaired) electrons. The number of fused-ring (bicyclic) bond motifs is 2. The predicted molar refractivity (Wildman–Crippen MR) is 38.5 cm³/mol. The first-order valence-corrected chi connectivity index (χ1v) is 4.14. The molecule has 56 valence electrons. The molecule has 0 saturated carbocycles. The van der Waals surface area contributed by atoms with Crippen LogP contribution in [0.25, 0.3) is 0 Å². The summed E-state index contributed by atoms with van der Waals surface area (Å²) in [6, 6.07) is 0. The van der Waals surface area contributed by atoms with Crippen molar-refractivity contribution in [1.29, 1.82) is 0 Å². The van der Waals surface area contributed by atoms with Crippen molar-refractivity contribution in [3.05, 3.63) is 0 Å². The topological polar surface area (TPSA) is 20.3 Å². The summed E-state index contributed by atoms with van der Waals surface area (Å²) >= 11 is 0. The van der Waals surface area contributed by atoms with E-state index in [0.29, 0.717) is 5.91 Å². The van der Waals surface area contributed by atoms with Gasteiger partial charge in [-0.15, -0.1) is 0 Å². The molecule has 2 bridgehead atoms. The van der Waals surface area contributed by atoms with Crippen LogP contribution in [0, 0.1) is 5.92 Å². The molecule has 1 amide bonds. The average molecular weight is 139 g/mol. The molecule has 0 aromatic carbocycles. The third-order valence-corrected chi connectivity index (χ3v) is 2.64. The molecule has 2 aliphatic rings. The molecule has 2 aliphatic heterocycles. The van der Waals surface area contributed by atoms with Crippen molar-refractivity contribution < 1.29 is 4.79 Å². The Morgan fingerprint density at radius 2 is 2.30 bits per heavy atom. The van der Waals surface area contributed by atoms with Crippen molar-refractivity contribution in [2.24, 2.45) is 5.92 Å². The van der Waals surface area contributed by atoms with Gasteiger partial charge >= 0.3 is 0 Å². The molecule has 0 spiro atoms. The van der Waals surface area contributed by atoms with Crippen LogP contribution in [0.3, 0.4) is 0 Å². The number of hydrogen-bond donors (Lipinski definition) is 0. The number of nitrogens with zero attached hydrogens (tertiary/aromatic N) is 1. The van der Waals surface area contributed by atoms with Gasteiger partial charge < -0.3 is 4.90 Å². The van der Waals surface area contributed by atoms with Gasteiger partial charge in [0.2, 0.25) is 5.91 Å². The number of hydrogen-bond acceptors (Lipinski definition) is 1. The van der Waals surface area contributed by atoms with E-state index in [1.165, 1.54) is 12.8 Å². The van der Waals surface area contributed by atoms with E-state index in [1.54, 1.807) is 0 Å². The van der Waals surface area contributed by atoms with Crippen LogP contribution in [-0.4, -0.2) is 23.9 Å². The zero-order valence-corrected chi connectivity index (χ0v) is 6.18. The van der Waals surface area contributed by atoms with E-state index in [1.807, 2.05) is 4.90 Å². The van der Waals surface area contributed by atoms with Gasteiger partial charge in [0.25, 0.3) is 0 Å². The third kappa shape index (κ3) is 0.917. The van der Waals surface area contributed by atoms with Crippen molar-refractivity contribution in [2.45, 2.75) is 25.7 Å². The highest BCUT2D eigenvalue weighted by atomic mass is 16.2. The lowest BCUT2D eigenvalue weighted by molar-refractivity contribution is -0.136. The van der Waals surface area contributed by atoms with Gasteiger partial charge in [0.1, 0.15) is 0 Å². The van der Waals surface area contributed by atoms with Crippen molar-refractivity contribution in [3.63, 3.8) is 0 Å². The van der Waals surface area contributed by atoms with Crippen molar-refractivity contribution >= 4 is 5.91 Å². The summed E-state index contributed by atoms with van der Waals surface area (Å²) in [5, 5.41) is 0. The second-order valence-electron chi connectivity index (χ2n) is 3.39. The number of carbonyl (C=O) groups is 1. The Hall–Kier alpha value is -0.530. The van der Waals surface area contributed by atoms with E-state index >= 15 is 0 Å². The Balaban J connectivity index is 2.07. The monoisotopic (exact) mass is 139 g/mol. The van der Waals surface area contributed by atoms with Gasteiger partial charge in [0.05, 0.1) is 0 Å². The Labute approximate surface area is 61.2 Å². The van der Waals surface area contributed by atoms with Crippen molar-refractivity contribution in [3.8, 4) is 0 Å². The minimum Gasteiger partial charge on any atom is -0.342 e. The fourth-order valence-electron chi connectivity index (χ4n) is 2.01. The molecule has 2 fully saturated rings. The maximum Gasteiger partial charge on any atom is 0.222 e. The lowest BCUT2D eigenvalue weighted by atomic mass is 9.89. The quantitative estimate of drug-likeness (QED) is 0.490. The fraction of sp³-hybridized carbons (Fsp3) is 0.875. The number of carbonyl (C=O) groups excluding carboxylic acids is 1. The Morgan fingerprint density at radius 3 is 3.10 bits per heavy atom. The fourth-order valence-corrected chi connectivity index (χ4v) is 2.01. The first kappa shape index (κ1) is 6.20. The van der Waals surface area contributed by atoms with Crippen LogP contribution in [-0.2, 0) is 4.79 Å². The second-order valence-corrected chi connectivity index (χ2v) is 3.39. The van der Waals surface area contributed by atoms with E-state index in [9.17, 15) is 4.79 Å². The molecule has 0 aromatic heterocycles. The summed E-state index contributed by atoms with van der Waals surface area (Å²) in [6.07, 6.45) is 4.54. The SMILES string of the molecule is O=C1CCC2CCCN1C2. The standard InChI is InChI=1S/C8H13NO/c10-8-4-3-7-2-1-5-9(8)6-7/h7H,1-6H2. The average Bonchev–Trinajstić information content (AvgIpc) is 1.99. The summed E-state index contributed by atoms with van der Waals surface area (Å²) in [7, 11) is 0. The number of rotatable bonds is 0. The molecule has 2 nitrogen and oxygen atoms in total. The van der Waals surface area contributed by atoms with Gasteiger partial charge in [-0.2, -0.15) is 0 Å². The summed E-state index contributed by atoms with van der Waals surface area (Å²) in [5.74, 6) is 1.22. The highest BCUT2D eigenvalue weighted by molar-refractivity contribution is 5.77. The third-order valence-electron chi connectivity index (χ3n) is 2.64. The molecule has 10 heavy (non-hydrogen) atoms. The lowest BCUT2D eigenvalue weighted by Crippen LogP contribution is -2.43. The van der Waals surface area contributed by atoms with Crippen LogP contribution in [0.4, 0.5) is 0 Å². The number of piperidine rings is 2. The number of amides is 1. The predicted octanol–water partition coefficient (Wildman–Crippen LogP) is 1.02. The lowest BCUT2D eigenvalue weighted by Gasteiger charge is -2.37. The maximum absolute atomic E-state index is 11.1. The minimum atomic E-state index is 0.385. The normalized spacial score (nSPS) is 32.6. The minimum absolute atomic E-state index is 0.385. The Morgan fingerprint density at radius 1 is 1.40 bits per heavy atom. The van der Waals surface area contributed by atoms with E-state index in [2.05, 4.69) is 0 Å². The molecule has 0 aliphatic carbocycles. The van der Waals surface area contributed by atoms with Crippen LogP contribution in [0.2, 0.25) is 0 Å².